The lowest BCUT2D eigenvalue weighted by Gasteiger charge is -2.50. The molecule has 96 valence electrons. The molecule has 1 atom stereocenters. The average molecular weight is 246 g/mol. The van der Waals surface area contributed by atoms with Crippen LogP contribution < -0.4 is 5.32 Å². The molecule has 4 nitrogen and oxygen atoms in total. The van der Waals surface area contributed by atoms with Gasteiger partial charge in [0.1, 0.15) is 12.3 Å². The Morgan fingerprint density at radius 2 is 2.11 bits per heavy atom. The molecular formula is C14H18N2O2. The summed E-state index contributed by atoms with van der Waals surface area (Å²) in [5.74, 6) is 0.0778. The van der Waals surface area contributed by atoms with Gasteiger partial charge in [-0.05, 0) is 25.5 Å². The number of hydrogen-bond donors (Lipinski definition) is 1. The summed E-state index contributed by atoms with van der Waals surface area (Å²) in [4.78, 5) is 14.0. The second-order valence-electron chi connectivity index (χ2n) is 5.04. The zero-order chi connectivity index (χ0) is 12.6. The highest BCUT2D eigenvalue weighted by Crippen LogP contribution is 2.32. The minimum Gasteiger partial charge on any atom is -0.367 e. The van der Waals surface area contributed by atoms with E-state index in [9.17, 15) is 4.79 Å². The van der Waals surface area contributed by atoms with Gasteiger partial charge in [-0.25, -0.2) is 0 Å². The van der Waals surface area contributed by atoms with Crippen LogP contribution in [-0.4, -0.2) is 37.1 Å². The van der Waals surface area contributed by atoms with Crippen molar-refractivity contribution in [3.63, 3.8) is 0 Å². The summed E-state index contributed by atoms with van der Waals surface area (Å²) in [6.45, 7) is 4.53. The number of rotatable bonds is 1. The van der Waals surface area contributed by atoms with Crippen molar-refractivity contribution in [1.29, 1.82) is 0 Å². The average Bonchev–Trinajstić information content (AvgIpc) is 2.40. The quantitative estimate of drug-likeness (QED) is 0.804. The van der Waals surface area contributed by atoms with Crippen molar-refractivity contribution in [2.45, 2.75) is 19.0 Å². The van der Waals surface area contributed by atoms with E-state index < -0.39 is 5.66 Å². The highest BCUT2D eigenvalue weighted by atomic mass is 16.5. The van der Waals surface area contributed by atoms with E-state index in [1.807, 2.05) is 4.90 Å². The number of nitrogens with zero attached hydrogens (tertiary/aromatic N) is 1. The summed E-state index contributed by atoms with van der Waals surface area (Å²) in [5, 5.41) is 3.48. The Morgan fingerprint density at radius 1 is 1.33 bits per heavy atom. The van der Waals surface area contributed by atoms with Gasteiger partial charge in [-0.1, -0.05) is 29.8 Å². The normalized spacial score (nSPS) is 28.1. The largest absolute Gasteiger partial charge is 0.367 e. The molecule has 4 heteroatoms. The van der Waals surface area contributed by atoms with Crippen molar-refractivity contribution in [3.05, 3.63) is 35.4 Å². The summed E-state index contributed by atoms with van der Waals surface area (Å²) in [6.07, 6.45) is 0.999. The first kappa shape index (κ1) is 11.7. The van der Waals surface area contributed by atoms with Crippen molar-refractivity contribution >= 4 is 5.91 Å². The predicted molar refractivity (Wildman–Crippen MR) is 68.0 cm³/mol. The summed E-state index contributed by atoms with van der Waals surface area (Å²) in [7, 11) is 0. The van der Waals surface area contributed by atoms with Crippen LogP contribution in [0.1, 0.15) is 17.5 Å². The van der Waals surface area contributed by atoms with Gasteiger partial charge in [0.05, 0.1) is 6.61 Å². The molecule has 2 saturated heterocycles. The Kier molecular flexibility index (Phi) is 2.84. The van der Waals surface area contributed by atoms with Gasteiger partial charge in [0.2, 0.25) is 5.91 Å². The van der Waals surface area contributed by atoms with E-state index in [4.69, 9.17) is 4.74 Å². The molecule has 2 aliphatic heterocycles. The van der Waals surface area contributed by atoms with Gasteiger partial charge in [0.25, 0.3) is 0 Å². The van der Waals surface area contributed by atoms with Crippen LogP contribution >= 0.6 is 0 Å². The Labute approximate surface area is 107 Å². The zero-order valence-corrected chi connectivity index (χ0v) is 10.6. The molecule has 1 aromatic rings. The number of morpholine rings is 1. The molecular weight excluding hydrogens is 228 g/mol. The minimum absolute atomic E-state index is 0.0778. The number of ether oxygens (including phenoxy) is 1. The molecule has 0 aromatic heterocycles. The lowest BCUT2D eigenvalue weighted by atomic mass is 9.93. The highest BCUT2D eigenvalue weighted by Gasteiger charge is 2.45. The molecule has 1 N–H and O–H groups in total. The SMILES string of the molecule is Cc1ccc(C23COCC(=O)N2CCCN3)cc1. The number of nitrogens with one attached hydrogen (secondary N) is 1. The standard InChI is InChI=1S/C14H18N2O2/c1-11-3-5-12(6-4-11)14-10-18-9-13(17)16(14)8-2-7-15-14/h3-6,15H,2,7-10H2,1H3. The molecule has 0 radical (unpaired) electrons. The van der Waals surface area contributed by atoms with Crippen LogP contribution in [-0.2, 0) is 15.2 Å². The fourth-order valence-corrected chi connectivity index (χ4v) is 2.82. The lowest BCUT2D eigenvalue weighted by molar-refractivity contribution is -0.167. The van der Waals surface area contributed by atoms with Gasteiger partial charge < -0.3 is 9.64 Å². The van der Waals surface area contributed by atoms with Crippen LogP contribution in [0.5, 0.6) is 0 Å². The van der Waals surface area contributed by atoms with Crippen LogP contribution in [0.3, 0.4) is 0 Å². The maximum atomic E-state index is 12.0. The second kappa shape index (κ2) is 4.37. The number of fused-ring (bicyclic) bond motifs is 1. The van der Waals surface area contributed by atoms with Crippen molar-refractivity contribution in [2.24, 2.45) is 0 Å². The first-order valence-corrected chi connectivity index (χ1v) is 6.43. The van der Waals surface area contributed by atoms with E-state index in [1.54, 1.807) is 0 Å². The van der Waals surface area contributed by atoms with Crippen LogP contribution in [0, 0.1) is 6.92 Å². The van der Waals surface area contributed by atoms with Crippen molar-refractivity contribution in [2.75, 3.05) is 26.3 Å². The molecule has 1 aromatic carbocycles. The number of benzene rings is 1. The molecule has 2 aliphatic rings. The first-order chi connectivity index (χ1) is 8.72. The third kappa shape index (κ3) is 1.72. The predicted octanol–water partition coefficient (Wildman–Crippen LogP) is 1.000. The summed E-state index contributed by atoms with van der Waals surface area (Å²) in [5.41, 5.74) is 1.88. The third-order valence-electron chi connectivity index (χ3n) is 3.80. The Hall–Kier alpha value is -1.39. The van der Waals surface area contributed by atoms with Gasteiger partial charge >= 0.3 is 0 Å². The summed E-state index contributed by atoms with van der Waals surface area (Å²) >= 11 is 0. The van der Waals surface area contributed by atoms with E-state index in [0.717, 1.165) is 25.1 Å². The van der Waals surface area contributed by atoms with E-state index in [0.29, 0.717) is 6.61 Å². The highest BCUT2D eigenvalue weighted by molar-refractivity contribution is 5.79. The molecule has 0 spiro atoms. The molecule has 0 bridgehead atoms. The van der Waals surface area contributed by atoms with E-state index >= 15 is 0 Å². The molecule has 1 unspecified atom stereocenters. The van der Waals surface area contributed by atoms with Gasteiger partial charge in [-0.3, -0.25) is 10.1 Å². The lowest BCUT2D eigenvalue weighted by Crippen LogP contribution is -2.67. The Morgan fingerprint density at radius 3 is 2.89 bits per heavy atom. The maximum Gasteiger partial charge on any atom is 0.250 e. The summed E-state index contributed by atoms with van der Waals surface area (Å²) < 4.78 is 5.49. The fourth-order valence-electron chi connectivity index (χ4n) is 2.82. The topological polar surface area (TPSA) is 41.6 Å². The smallest absolute Gasteiger partial charge is 0.250 e. The Balaban J connectivity index is 2.03. The van der Waals surface area contributed by atoms with Crippen LogP contribution in [0.25, 0.3) is 0 Å². The van der Waals surface area contributed by atoms with Crippen LogP contribution in [0.2, 0.25) is 0 Å². The molecule has 2 heterocycles. The number of amides is 1. The Bertz CT molecular complexity index is 453. The van der Waals surface area contributed by atoms with E-state index in [-0.39, 0.29) is 12.5 Å². The van der Waals surface area contributed by atoms with Crippen molar-refractivity contribution in [3.8, 4) is 0 Å². The molecule has 0 aliphatic carbocycles. The van der Waals surface area contributed by atoms with Crippen molar-refractivity contribution in [1.82, 2.24) is 10.2 Å². The van der Waals surface area contributed by atoms with Gasteiger partial charge in [0, 0.05) is 6.54 Å². The first-order valence-electron chi connectivity index (χ1n) is 6.43. The van der Waals surface area contributed by atoms with Gasteiger partial charge in [-0.15, -0.1) is 0 Å². The zero-order valence-electron chi connectivity index (χ0n) is 10.6. The summed E-state index contributed by atoms with van der Waals surface area (Å²) in [6, 6.07) is 8.33. The molecule has 18 heavy (non-hydrogen) atoms. The van der Waals surface area contributed by atoms with Crippen LogP contribution in [0.15, 0.2) is 24.3 Å². The maximum absolute atomic E-state index is 12.0. The van der Waals surface area contributed by atoms with Crippen molar-refractivity contribution < 1.29 is 9.53 Å². The fraction of sp³-hybridized carbons (Fsp3) is 0.500. The van der Waals surface area contributed by atoms with E-state index in [2.05, 4.69) is 36.5 Å². The minimum atomic E-state index is -0.457. The second-order valence-corrected chi connectivity index (χ2v) is 5.04. The van der Waals surface area contributed by atoms with Gasteiger partial charge in [-0.2, -0.15) is 0 Å². The third-order valence-corrected chi connectivity index (χ3v) is 3.80. The monoisotopic (exact) mass is 246 g/mol. The number of aryl methyl sites for hydroxylation is 1. The molecule has 3 rings (SSSR count). The van der Waals surface area contributed by atoms with E-state index in [1.165, 1.54) is 5.56 Å². The molecule has 0 saturated carbocycles. The number of carbonyl (C=O) groups excluding carboxylic acids is 1. The number of hydrogen-bond acceptors (Lipinski definition) is 3. The number of carbonyl (C=O) groups is 1. The molecule has 1 amide bonds. The van der Waals surface area contributed by atoms with Gasteiger partial charge in [0.15, 0.2) is 0 Å². The van der Waals surface area contributed by atoms with Crippen LogP contribution in [0.4, 0.5) is 0 Å². The molecule has 2 fully saturated rings.